The van der Waals surface area contributed by atoms with Gasteiger partial charge >= 0.3 is 0 Å². The molecule has 2 unspecified atom stereocenters. The Morgan fingerprint density at radius 3 is 1.43 bits per heavy atom. The Bertz CT molecular complexity index is 218. The molecular weight excluding hydrogens is 284 g/mol. The molecule has 0 saturated heterocycles. The second-order valence-electron chi connectivity index (χ2n) is 7.55. The molecule has 2 atom stereocenters. The van der Waals surface area contributed by atoms with E-state index in [1.54, 1.807) is 0 Å². The molecular formula is C21H44O2. The van der Waals surface area contributed by atoms with E-state index in [4.69, 9.17) is 5.11 Å². The third-order valence-corrected chi connectivity index (χ3v) is 5.00. The van der Waals surface area contributed by atoms with Gasteiger partial charge in [0.15, 0.2) is 0 Å². The van der Waals surface area contributed by atoms with E-state index >= 15 is 0 Å². The smallest absolute Gasteiger partial charge is 0.0770 e. The van der Waals surface area contributed by atoms with Gasteiger partial charge < -0.3 is 10.2 Å². The van der Waals surface area contributed by atoms with E-state index in [1.807, 2.05) is 0 Å². The van der Waals surface area contributed by atoms with Crippen LogP contribution in [-0.2, 0) is 0 Å². The van der Waals surface area contributed by atoms with Gasteiger partial charge in [-0.05, 0) is 12.3 Å². The van der Waals surface area contributed by atoms with E-state index in [0.29, 0.717) is 0 Å². The zero-order valence-electron chi connectivity index (χ0n) is 16.1. The molecule has 0 bridgehead atoms. The summed E-state index contributed by atoms with van der Waals surface area (Å²) < 4.78 is 0. The van der Waals surface area contributed by atoms with Crippen molar-refractivity contribution < 1.29 is 10.2 Å². The first-order valence-electron chi connectivity index (χ1n) is 10.5. The zero-order chi connectivity index (χ0) is 17.2. The number of aliphatic hydroxyl groups is 2. The molecule has 0 aromatic heterocycles. The summed E-state index contributed by atoms with van der Waals surface area (Å²) in [6.45, 7) is 4.63. The maximum Gasteiger partial charge on any atom is 0.0770 e. The average molecular weight is 329 g/mol. The van der Waals surface area contributed by atoms with Crippen LogP contribution in [0.5, 0.6) is 0 Å². The molecule has 0 aliphatic heterocycles. The van der Waals surface area contributed by atoms with Crippen LogP contribution in [0, 0.1) is 5.92 Å². The van der Waals surface area contributed by atoms with Gasteiger partial charge in [0, 0.05) is 0 Å². The van der Waals surface area contributed by atoms with E-state index in [0.717, 1.165) is 18.8 Å². The Hall–Kier alpha value is -0.0800. The van der Waals surface area contributed by atoms with Crippen LogP contribution >= 0.6 is 0 Å². The van der Waals surface area contributed by atoms with Gasteiger partial charge in [-0.1, -0.05) is 110 Å². The monoisotopic (exact) mass is 328 g/mol. The summed E-state index contributed by atoms with van der Waals surface area (Å²) in [4.78, 5) is 0. The van der Waals surface area contributed by atoms with Crippen LogP contribution in [0.25, 0.3) is 0 Å². The van der Waals surface area contributed by atoms with E-state index in [2.05, 4.69) is 13.8 Å². The lowest BCUT2D eigenvalue weighted by Gasteiger charge is -2.11. The summed E-state index contributed by atoms with van der Waals surface area (Å²) in [5, 5.41) is 18.0. The zero-order valence-corrected chi connectivity index (χ0v) is 16.1. The third kappa shape index (κ3) is 18.1. The first-order valence-corrected chi connectivity index (χ1v) is 10.5. The van der Waals surface area contributed by atoms with Crippen LogP contribution < -0.4 is 0 Å². The SMILES string of the molecule is CCCCCCCC(C)CCCCCCCCCCC(O)CO. The summed E-state index contributed by atoms with van der Waals surface area (Å²) in [7, 11) is 0. The topological polar surface area (TPSA) is 40.5 Å². The molecule has 0 spiro atoms. The minimum absolute atomic E-state index is 0.0861. The number of hydrogen-bond acceptors (Lipinski definition) is 2. The molecule has 0 amide bonds. The van der Waals surface area contributed by atoms with Gasteiger partial charge in [-0.3, -0.25) is 0 Å². The maximum atomic E-state index is 9.24. The van der Waals surface area contributed by atoms with Crippen molar-refractivity contribution in [1.82, 2.24) is 0 Å². The lowest BCUT2D eigenvalue weighted by Crippen LogP contribution is -2.10. The summed E-state index contributed by atoms with van der Waals surface area (Å²) in [6.07, 6.45) is 20.6. The summed E-state index contributed by atoms with van der Waals surface area (Å²) in [5.41, 5.74) is 0. The molecule has 2 nitrogen and oxygen atoms in total. The van der Waals surface area contributed by atoms with Gasteiger partial charge in [0.25, 0.3) is 0 Å². The highest BCUT2D eigenvalue weighted by atomic mass is 16.3. The van der Waals surface area contributed by atoms with E-state index in [1.165, 1.54) is 89.9 Å². The molecule has 0 fully saturated rings. The van der Waals surface area contributed by atoms with Crippen molar-refractivity contribution in [2.75, 3.05) is 6.61 Å². The van der Waals surface area contributed by atoms with Crippen molar-refractivity contribution in [1.29, 1.82) is 0 Å². The van der Waals surface area contributed by atoms with Crippen molar-refractivity contribution in [3.63, 3.8) is 0 Å². The van der Waals surface area contributed by atoms with E-state index in [-0.39, 0.29) is 6.61 Å². The molecule has 140 valence electrons. The first kappa shape index (κ1) is 22.9. The molecule has 0 saturated carbocycles. The molecule has 0 aliphatic carbocycles. The van der Waals surface area contributed by atoms with Crippen LogP contribution in [0.2, 0.25) is 0 Å². The number of rotatable bonds is 18. The van der Waals surface area contributed by atoms with Crippen LogP contribution in [0.15, 0.2) is 0 Å². The van der Waals surface area contributed by atoms with Gasteiger partial charge in [-0.15, -0.1) is 0 Å². The molecule has 0 aliphatic rings. The Morgan fingerprint density at radius 2 is 1.00 bits per heavy atom. The van der Waals surface area contributed by atoms with Crippen LogP contribution in [0.3, 0.4) is 0 Å². The largest absolute Gasteiger partial charge is 0.394 e. The Kier molecular flexibility index (Phi) is 18.2. The van der Waals surface area contributed by atoms with Crippen molar-refractivity contribution in [3.05, 3.63) is 0 Å². The van der Waals surface area contributed by atoms with Gasteiger partial charge in [0.05, 0.1) is 12.7 Å². The minimum atomic E-state index is -0.497. The normalized spacial score (nSPS) is 14.1. The Balaban J connectivity index is 3.14. The van der Waals surface area contributed by atoms with Crippen LogP contribution in [0.4, 0.5) is 0 Å². The van der Waals surface area contributed by atoms with Crippen LogP contribution in [0.1, 0.15) is 117 Å². The van der Waals surface area contributed by atoms with Crippen LogP contribution in [-0.4, -0.2) is 22.9 Å². The molecule has 0 rings (SSSR count). The first-order chi connectivity index (χ1) is 11.2. The fraction of sp³-hybridized carbons (Fsp3) is 1.00. The predicted molar refractivity (Wildman–Crippen MR) is 102 cm³/mol. The van der Waals surface area contributed by atoms with Gasteiger partial charge in [0.2, 0.25) is 0 Å². The standard InChI is InChI=1S/C21H44O2/c1-3-4-5-10-13-16-20(2)17-14-11-8-6-7-9-12-15-18-21(23)19-22/h20-23H,3-19H2,1-2H3. The maximum absolute atomic E-state index is 9.24. The van der Waals surface area contributed by atoms with E-state index in [9.17, 15) is 5.11 Å². The number of unbranched alkanes of at least 4 members (excludes halogenated alkanes) is 11. The summed E-state index contributed by atoms with van der Waals surface area (Å²) >= 11 is 0. The molecule has 0 aromatic carbocycles. The van der Waals surface area contributed by atoms with Gasteiger partial charge in [-0.2, -0.15) is 0 Å². The summed E-state index contributed by atoms with van der Waals surface area (Å²) in [6, 6.07) is 0. The molecule has 0 aromatic rings. The predicted octanol–water partition coefficient (Wildman–Crippen LogP) is 6.24. The highest BCUT2D eigenvalue weighted by Crippen LogP contribution is 2.18. The lowest BCUT2D eigenvalue weighted by atomic mass is 9.96. The quantitative estimate of drug-likeness (QED) is 0.292. The Morgan fingerprint density at radius 1 is 0.609 bits per heavy atom. The number of hydrogen-bond donors (Lipinski definition) is 2. The fourth-order valence-electron chi connectivity index (χ4n) is 3.27. The van der Waals surface area contributed by atoms with Crippen molar-refractivity contribution in [3.8, 4) is 0 Å². The Labute approximate surface area is 146 Å². The summed E-state index contributed by atoms with van der Waals surface area (Å²) in [5.74, 6) is 0.926. The molecule has 0 radical (unpaired) electrons. The second-order valence-corrected chi connectivity index (χ2v) is 7.55. The highest BCUT2D eigenvalue weighted by Gasteiger charge is 2.02. The second kappa shape index (κ2) is 18.3. The van der Waals surface area contributed by atoms with Gasteiger partial charge in [-0.25, -0.2) is 0 Å². The van der Waals surface area contributed by atoms with E-state index < -0.39 is 6.10 Å². The average Bonchev–Trinajstić information content (AvgIpc) is 2.56. The molecule has 2 heteroatoms. The third-order valence-electron chi connectivity index (χ3n) is 5.00. The van der Waals surface area contributed by atoms with Crippen molar-refractivity contribution in [2.45, 2.75) is 123 Å². The fourth-order valence-corrected chi connectivity index (χ4v) is 3.27. The minimum Gasteiger partial charge on any atom is -0.394 e. The van der Waals surface area contributed by atoms with Crippen molar-refractivity contribution in [2.24, 2.45) is 5.92 Å². The molecule has 0 heterocycles. The molecule has 23 heavy (non-hydrogen) atoms. The van der Waals surface area contributed by atoms with Gasteiger partial charge in [0.1, 0.15) is 0 Å². The van der Waals surface area contributed by atoms with Crippen molar-refractivity contribution >= 4 is 0 Å². The highest BCUT2D eigenvalue weighted by molar-refractivity contribution is 4.56. The number of aliphatic hydroxyl groups excluding tert-OH is 2. The lowest BCUT2D eigenvalue weighted by molar-refractivity contribution is 0.0860. The molecule has 2 N–H and O–H groups in total.